The molecule has 2 heterocycles. The van der Waals surface area contributed by atoms with Crippen molar-refractivity contribution >= 4 is 10.9 Å². The zero-order valence-electron chi connectivity index (χ0n) is 11.3. The molecular weight excluding hydrogens is 240 g/mol. The zero-order chi connectivity index (χ0) is 13.4. The summed E-state index contributed by atoms with van der Waals surface area (Å²) >= 11 is 0. The fourth-order valence-corrected chi connectivity index (χ4v) is 2.26. The number of hydrogen-bond acceptors (Lipinski definition) is 3. The maximum absolute atomic E-state index is 5.63. The normalized spacial score (nSPS) is 11.1. The SMILES string of the molecule is COc1cccc2c1ccn2Cc1nc(C)c(C)o1. The standard InChI is InChI=1S/C15H16N2O2/c1-10-11(2)19-15(16-10)9-17-8-7-12-13(17)5-4-6-14(12)18-3/h4-8H,9H2,1-3H3. The first-order valence-electron chi connectivity index (χ1n) is 6.24. The van der Waals surface area contributed by atoms with E-state index in [2.05, 4.69) is 21.7 Å². The molecule has 0 aliphatic heterocycles. The van der Waals surface area contributed by atoms with Gasteiger partial charge in [0.05, 0.1) is 24.9 Å². The highest BCUT2D eigenvalue weighted by Gasteiger charge is 2.10. The Balaban J connectivity index is 2.02. The Morgan fingerprint density at radius 1 is 1.26 bits per heavy atom. The van der Waals surface area contributed by atoms with Crippen LogP contribution >= 0.6 is 0 Å². The number of aromatic nitrogens is 2. The lowest BCUT2D eigenvalue weighted by molar-refractivity contribution is 0.419. The zero-order valence-corrected chi connectivity index (χ0v) is 11.3. The van der Waals surface area contributed by atoms with Gasteiger partial charge in [0.25, 0.3) is 0 Å². The van der Waals surface area contributed by atoms with Crippen LogP contribution in [0.3, 0.4) is 0 Å². The summed E-state index contributed by atoms with van der Waals surface area (Å²) in [5.41, 5.74) is 2.07. The van der Waals surface area contributed by atoms with Gasteiger partial charge in [-0.05, 0) is 32.0 Å². The van der Waals surface area contributed by atoms with Crippen LogP contribution in [0.25, 0.3) is 10.9 Å². The van der Waals surface area contributed by atoms with E-state index in [0.717, 1.165) is 34.0 Å². The molecule has 4 nitrogen and oxygen atoms in total. The summed E-state index contributed by atoms with van der Waals surface area (Å²) in [4.78, 5) is 4.42. The molecule has 0 N–H and O–H groups in total. The molecule has 98 valence electrons. The Labute approximate surface area is 111 Å². The van der Waals surface area contributed by atoms with Crippen molar-refractivity contribution in [3.63, 3.8) is 0 Å². The van der Waals surface area contributed by atoms with Crippen molar-refractivity contribution in [1.29, 1.82) is 0 Å². The van der Waals surface area contributed by atoms with Crippen LogP contribution in [0.4, 0.5) is 0 Å². The van der Waals surface area contributed by atoms with Crippen molar-refractivity contribution < 1.29 is 9.15 Å². The number of rotatable bonds is 3. The highest BCUT2D eigenvalue weighted by Crippen LogP contribution is 2.26. The van der Waals surface area contributed by atoms with Gasteiger partial charge >= 0.3 is 0 Å². The van der Waals surface area contributed by atoms with Gasteiger partial charge in [0.15, 0.2) is 0 Å². The van der Waals surface area contributed by atoms with E-state index in [1.807, 2.05) is 32.2 Å². The Morgan fingerprint density at radius 2 is 2.11 bits per heavy atom. The fourth-order valence-electron chi connectivity index (χ4n) is 2.26. The van der Waals surface area contributed by atoms with Gasteiger partial charge in [0.2, 0.25) is 5.89 Å². The molecule has 0 radical (unpaired) electrons. The quantitative estimate of drug-likeness (QED) is 0.721. The van der Waals surface area contributed by atoms with Crippen LogP contribution in [-0.4, -0.2) is 16.7 Å². The van der Waals surface area contributed by atoms with Gasteiger partial charge in [-0.15, -0.1) is 0 Å². The molecule has 4 heteroatoms. The monoisotopic (exact) mass is 256 g/mol. The number of oxazole rings is 1. The first kappa shape index (κ1) is 11.8. The topological polar surface area (TPSA) is 40.2 Å². The fraction of sp³-hybridized carbons (Fsp3) is 0.267. The Hall–Kier alpha value is -2.23. The average molecular weight is 256 g/mol. The summed E-state index contributed by atoms with van der Waals surface area (Å²) in [5.74, 6) is 2.50. The van der Waals surface area contributed by atoms with E-state index >= 15 is 0 Å². The molecule has 3 aromatic rings. The summed E-state index contributed by atoms with van der Waals surface area (Å²) in [6, 6.07) is 8.08. The predicted molar refractivity (Wildman–Crippen MR) is 73.6 cm³/mol. The molecular formula is C15H16N2O2. The molecule has 0 aliphatic rings. The van der Waals surface area contributed by atoms with Gasteiger partial charge in [0.1, 0.15) is 11.5 Å². The molecule has 2 aromatic heterocycles. The number of hydrogen-bond donors (Lipinski definition) is 0. The minimum atomic E-state index is 0.630. The number of ether oxygens (including phenoxy) is 1. The Morgan fingerprint density at radius 3 is 2.79 bits per heavy atom. The maximum atomic E-state index is 5.63. The average Bonchev–Trinajstić information content (AvgIpc) is 2.95. The highest BCUT2D eigenvalue weighted by atomic mass is 16.5. The molecule has 1 aromatic carbocycles. The summed E-state index contributed by atoms with van der Waals surface area (Å²) < 4.78 is 13.1. The number of benzene rings is 1. The lowest BCUT2D eigenvalue weighted by atomic mass is 10.2. The molecule has 0 spiro atoms. The molecule has 0 amide bonds. The van der Waals surface area contributed by atoms with Crippen LogP contribution in [0.2, 0.25) is 0 Å². The van der Waals surface area contributed by atoms with Crippen LogP contribution in [0, 0.1) is 13.8 Å². The van der Waals surface area contributed by atoms with Crippen molar-refractivity contribution in [2.45, 2.75) is 20.4 Å². The summed E-state index contributed by atoms with van der Waals surface area (Å²) in [5, 5.41) is 1.10. The van der Waals surface area contributed by atoms with E-state index in [9.17, 15) is 0 Å². The Bertz CT molecular complexity index is 705. The number of fused-ring (bicyclic) bond motifs is 1. The molecule has 0 fully saturated rings. The van der Waals surface area contributed by atoms with Crippen LogP contribution in [0.15, 0.2) is 34.9 Å². The van der Waals surface area contributed by atoms with Gasteiger partial charge < -0.3 is 13.7 Å². The van der Waals surface area contributed by atoms with Crippen LogP contribution < -0.4 is 4.74 Å². The predicted octanol–water partition coefficient (Wildman–Crippen LogP) is 3.30. The van der Waals surface area contributed by atoms with E-state index in [1.165, 1.54) is 0 Å². The van der Waals surface area contributed by atoms with Gasteiger partial charge in [-0.2, -0.15) is 0 Å². The van der Waals surface area contributed by atoms with E-state index in [4.69, 9.17) is 9.15 Å². The van der Waals surface area contributed by atoms with Crippen molar-refractivity contribution in [1.82, 2.24) is 9.55 Å². The largest absolute Gasteiger partial charge is 0.496 e. The van der Waals surface area contributed by atoms with Crippen LogP contribution in [0.1, 0.15) is 17.3 Å². The molecule has 19 heavy (non-hydrogen) atoms. The maximum Gasteiger partial charge on any atom is 0.214 e. The third-order valence-electron chi connectivity index (χ3n) is 3.37. The van der Waals surface area contributed by atoms with E-state index in [-0.39, 0.29) is 0 Å². The van der Waals surface area contributed by atoms with Crippen molar-refractivity contribution in [2.75, 3.05) is 7.11 Å². The third-order valence-corrected chi connectivity index (χ3v) is 3.37. The van der Waals surface area contributed by atoms with Gasteiger partial charge in [-0.1, -0.05) is 6.07 Å². The minimum Gasteiger partial charge on any atom is -0.496 e. The Kier molecular flexibility index (Phi) is 2.78. The smallest absolute Gasteiger partial charge is 0.214 e. The first-order chi connectivity index (χ1) is 9.19. The molecule has 0 aliphatic carbocycles. The lowest BCUT2D eigenvalue weighted by Crippen LogP contribution is -1.98. The van der Waals surface area contributed by atoms with Crippen LogP contribution in [0.5, 0.6) is 5.75 Å². The van der Waals surface area contributed by atoms with Crippen LogP contribution in [-0.2, 0) is 6.54 Å². The lowest BCUT2D eigenvalue weighted by Gasteiger charge is -2.04. The van der Waals surface area contributed by atoms with E-state index < -0.39 is 0 Å². The second-order valence-electron chi connectivity index (χ2n) is 4.59. The molecule has 0 bridgehead atoms. The molecule has 0 atom stereocenters. The number of aryl methyl sites for hydroxylation is 2. The first-order valence-corrected chi connectivity index (χ1v) is 6.24. The molecule has 3 rings (SSSR count). The summed E-state index contributed by atoms with van der Waals surface area (Å²) in [6.45, 7) is 4.52. The summed E-state index contributed by atoms with van der Waals surface area (Å²) in [6.07, 6.45) is 2.03. The van der Waals surface area contributed by atoms with Crippen molar-refractivity contribution in [2.24, 2.45) is 0 Å². The molecule has 0 unspecified atom stereocenters. The van der Waals surface area contributed by atoms with E-state index in [1.54, 1.807) is 7.11 Å². The highest BCUT2D eigenvalue weighted by molar-refractivity contribution is 5.86. The van der Waals surface area contributed by atoms with Gasteiger partial charge in [0, 0.05) is 11.6 Å². The van der Waals surface area contributed by atoms with Crippen molar-refractivity contribution in [3.05, 3.63) is 47.8 Å². The second kappa shape index (κ2) is 4.46. The number of nitrogens with zero attached hydrogens (tertiary/aromatic N) is 2. The molecule has 0 saturated carbocycles. The molecule has 0 saturated heterocycles. The third kappa shape index (κ3) is 1.99. The minimum absolute atomic E-state index is 0.630. The second-order valence-corrected chi connectivity index (χ2v) is 4.59. The van der Waals surface area contributed by atoms with Gasteiger partial charge in [-0.3, -0.25) is 0 Å². The van der Waals surface area contributed by atoms with E-state index in [0.29, 0.717) is 6.54 Å². The number of methoxy groups -OCH3 is 1. The summed E-state index contributed by atoms with van der Waals surface area (Å²) in [7, 11) is 1.69. The van der Waals surface area contributed by atoms with Crippen molar-refractivity contribution in [3.8, 4) is 5.75 Å². The van der Waals surface area contributed by atoms with Gasteiger partial charge in [-0.25, -0.2) is 4.98 Å².